The third kappa shape index (κ3) is 2.64. The highest BCUT2D eigenvalue weighted by atomic mass is 16.4. The van der Waals surface area contributed by atoms with Crippen molar-refractivity contribution in [3.63, 3.8) is 0 Å². The van der Waals surface area contributed by atoms with Gasteiger partial charge in [-0.05, 0) is 48.6 Å². The Morgan fingerprint density at radius 2 is 2.14 bits per heavy atom. The van der Waals surface area contributed by atoms with E-state index in [1.54, 1.807) is 6.07 Å². The van der Waals surface area contributed by atoms with E-state index in [0.717, 1.165) is 37.3 Å². The first kappa shape index (κ1) is 13.5. The minimum absolute atomic E-state index is 0.374. The van der Waals surface area contributed by atoms with Crippen LogP contribution in [0.4, 0.5) is 0 Å². The lowest BCUT2D eigenvalue weighted by atomic mass is 9.97. The molecule has 1 aromatic carbocycles. The summed E-state index contributed by atoms with van der Waals surface area (Å²) in [6.07, 6.45) is 5.54. The molecule has 1 aromatic heterocycles. The molecule has 1 aliphatic heterocycles. The number of fused-ring (bicyclic) bond motifs is 1. The second-order valence-corrected chi connectivity index (χ2v) is 6.27. The third-order valence-electron chi connectivity index (χ3n) is 4.51. The van der Waals surface area contributed by atoms with Gasteiger partial charge in [-0.15, -0.1) is 0 Å². The zero-order valence-corrected chi connectivity index (χ0v) is 12.4. The molecule has 0 radical (unpaired) electrons. The van der Waals surface area contributed by atoms with Crippen molar-refractivity contribution in [2.75, 3.05) is 6.54 Å². The van der Waals surface area contributed by atoms with Gasteiger partial charge in [0.25, 0.3) is 0 Å². The average Bonchev–Trinajstić information content (AvgIpc) is 3.27. The molecule has 0 spiro atoms. The van der Waals surface area contributed by atoms with E-state index in [9.17, 15) is 4.79 Å². The lowest BCUT2D eigenvalue weighted by Crippen LogP contribution is -2.30. The third-order valence-corrected chi connectivity index (χ3v) is 4.51. The van der Waals surface area contributed by atoms with Crippen LogP contribution in [0.2, 0.25) is 0 Å². The molecule has 1 saturated carbocycles. The highest BCUT2D eigenvalue weighted by Crippen LogP contribution is 2.34. The summed E-state index contributed by atoms with van der Waals surface area (Å²) < 4.78 is 2.08. The molecule has 4 rings (SSSR count). The lowest BCUT2D eigenvalue weighted by molar-refractivity contribution is 0.0696. The summed E-state index contributed by atoms with van der Waals surface area (Å²) in [5.74, 6) is -0.858. The largest absolute Gasteiger partial charge is 0.478 e. The van der Waals surface area contributed by atoms with E-state index in [4.69, 9.17) is 5.11 Å². The quantitative estimate of drug-likeness (QED) is 0.942. The predicted molar refractivity (Wildman–Crippen MR) is 81.7 cm³/mol. The number of carboxylic acid groups (broad SMARTS) is 1. The van der Waals surface area contributed by atoms with Crippen LogP contribution in [0, 0.1) is 0 Å². The molecule has 114 valence electrons. The number of carboxylic acids is 1. The van der Waals surface area contributed by atoms with Gasteiger partial charge in [-0.1, -0.05) is 6.07 Å². The fourth-order valence-corrected chi connectivity index (χ4v) is 3.12. The van der Waals surface area contributed by atoms with Gasteiger partial charge < -0.3 is 5.11 Å². The summed E-state index contributed by atoms with van der Waals surface area (Å²) >= 11 is 0. The van der Waals surface area contributed by atoms with Gasteiger partial charge in [-0.3, -0.25) is 9.58 Å². The van der Waals surface area contributed by atoms with Crippen molar-refractivity contribution in [3.8, 4) is 0 Å². The Morgan fingerprint density at radius 1 is 1.27 bits per heavy atom. The lowest BCUT2D eigenvalue weighted by Gasteiger charge is -2.28. The van der Waals surface area contributed by atoms with E-state index >= 15 is 0 Å². The van der Waals surface area contributed by atoms with Crippen molar-refractivity contribution in [1.29, 1.82) is 0 Å². The van der Waals surface area contributed by atoms with Crippen molar-refractivity contribution in [3.05, 3.63) is 52.8 Å². The molecule has 5 heteroatoms. The van der Waals surface area contributed by atoms with Crippen LogP contribution in [0.15, 0.2) is 30.5 Å². The molecule has 2 heterocycles. The highest BCUT2D eigenvalue weighted by molar-refractivity contribution is 5.87. The predicted octanol–water partition coefficient (Wildman–Crippen LogP) is 2.47. The van der Waals surface area contributed by atoms with Crippen molar-refractivity contribution >= 4 is 5.97 Å². The zero-order chi connectivity index (χ0) is 15.1. The molecule has 0 saturated heterocycles. The minimum atomic E-state index is -0.858. The van der Waals surface area contributed by atoms with Crippen LogP contribution in [0.3, 0.4) is 0 Å². The van der Waals surface area contributed by atoms with Crippen LogP contribution >= 0.6 is 0 Å². The number of carbonyl (C=O) groups is 1. The maximum Gasteiger partial charge on any atom is 0.335 e. The molecular formula is C17H19N3O2. The Hall–Kier alpha value is -2.14. The summed E-state index contributed by atoms with van der Waals surface area (Å²) in [4.78, 5) is 13.4. The average molecular weight is 297 g/mol. The Balaban J connectivity index is 1.48. The van der Waals surface area contributed by atoms with Crippen LogP contribution in [0.25, 0.3) is 0 Å². The van der Waals surface area contributed by atoms with Crippen LogP contribution in [-0.4, -0.2) is 32.3 Å². The van der Waals surface area contributed by atoms with Crippen LogP contribution in [-0.2, 0) is 19.5 Å². The Kier molecular flexibility index (Phi) is 3.22. The minimum Gasteiger partial charge on any atom is -0.478 e. The first-order valence-corrected chi connectivity index (χ1v) is 7.80. The molecule has 1 fully saturated rings. The molecule has 5 nitrogen and oxygen atoms in total. The van der Waals surface area contributed by atoms with Gasteiger partial charge in [0.05, 0.1) is 17.3 Å². The van der Waals surface area contributed by atoms with Gasteiger partial charge in [-0.2, -0.15) is 5.10 Å². The van der Waals surface area contributed by atoms with Gasteiger partial charge >= 0.3 is 5.97 Å². The summed E-state index contributed by atoms with van der Waals surface area (Å²) in [7, 11) is 0. The Labute approximate surface area is 129 Å². The van der Waals surface area contributed by atoms with Gasteiger partial charge in [0.1, 0.15) is 0 Å². The van der Waals surface area contributed by atoms with Gasteiger partial charge in [-0.25, -0.2) is 4.79 Å². The van der Waals surface area contributed by atoms with Crippen LogP contribution < -0.4 is 0 Å². The van der Waals surface area contributed by atoms with E-state index in [1.165, 1.54) is 18.4 Å². The van der Waals surface area contributed by atoms with E-state index in [0.29, 0.717) is 11.6 Å². The number of nitrogens with zero attached hydrogens (tertiary/aromatic N) is 3. The van der Waals surface area contributed by atoms with E-state index in [-0.39, 0.29) is 0 Å². The van der Waals surface area contributed by atoms with Crippen LogP contribution in [0.1, 0.15) is 46.1 Å². The smallest absolute Gasteiger partial charge is 0.335 e. The summed E-state index contributed by atoms with van der Waals surface area (Å²) in [6, 6.07) is 8.19. The number of hydrogen-bond acceptors (Lipinski definition) is 3. The standard InChI is InChI=1S/C17H19N3O2/c21-17(22)13-2-1-12-5-7-19(10-14(12)9-13)11-15-6-8-20(18-15)16-3-4-16/h1-2,6,8-9,16H,3-5,7,10-11H2,(H,21,22). The van der Waals surface area contributed by atoms with Gasteiger partial charge in [0.15, 0.2) is 0 Å². The molecule has 22 heavy (non-hydrogen) atoms. The SMILES string of the molecule is O=C(O)c1ccc2c(c1)CN(Cc1ccn(C3CC3)n1)CC2. The first-order chi connectivity index (χ1) is 10.7. The fourth-order valence-electron chi connectivity index (χ4n) is 3.12. The second-order valence-electron chi connectivity index (χ2n) is 6.27. The molecule has 2 aromatic rings. The Morgan fingerprint density at radius 3 is 2.91 bits per heavy atom. The van der Waals surface area contributed by atoms with Gasteiger partial charge in [0.2, 0.25) is 0 Å². The first-order valence-electron chi connectivity index (χ1n) is 7.80. The maximum absolute atomic E-state index is 11.1. The van der Waals surface area contributed by atoms with E-state index in [1.807, 2.05) is 12.1 Å². The highest BCUT2D eigenvalue weighted by Gasteiger charge is 2.25. The molecule has 0 atom stereocenters. The molecule has 1 N–H and O–H groups in total. The topological polar surface area (TPSA) is 58.4 Å². The van der Waals surface area contributed by atoms with E-state index in [2.05, 4.69) is 26.9 Å². The number of aromatic nitrogens is 2. The number of rotatable bonds is 4. The summed E-state index contributed by atoms with van der Waals surface area (Å²) in [6.45, 7) is 2.62. The molecular weight excluding hydrogens is 278 g/mol. The summed E-state index contributed by atoms with van der Waals surface area (Å²) in [5, 5.41) is 13.8. The number of hydrogen-bond donors (Lipinski definition) is 1. The van der Waals surface area contributed by atoms with Crippen molar-refractivity contribution in [1.82, 2.24) is 14.7 Å². The van der Waals surface area contributed by atoms with Crippen molar-refractivity contribution in [2.45, 2.75) is 38.4 Å². The van der Waals surface area contributed by atoms with Gasteiger partial charge in [0, 0.05) is 25.8 Å². The van der Waals surface area contributed by atoms with Crippen molar-refractivity contribution < 1.29 is 9.90 Å². The molecule has 1 aliphatic carbocycles. The normalized spacial score (nSPS) is 18.2. The maximum atomic E-state index is 11.1. The molecule has 0 bridgehead atoms. The second kappa shape index (κ2) is 5.25. The van der Waals surface area contributed by atoms with Crippen molar-refractivity contribution in [2.24, 2.45) is 0 Å². The molecule has 0 unspecified atom stereocenters. The molecule has 0 amide bonds. The Bertz CT molecular complexity index is 718. The fraction of sp³-hybridized carbons (Fsp3) is 0.412. The molecule has 2 aliphatic rings. The number of aromatic carboxylic acids is 1. The number of benzene rings is 1. The van der Waals surface area contributed by atoms with E-state index < -0.39 is 5.97 Å². The summed E-state index contributed by atoms with van der Waals surface area (Å²) in [5.41, 5.74) is 3.88. The zero-order valence-electron chi connectivity index (χ0n) is 12.4. The van der Waals surface area contributed by atoms with Crippen LogP contribution in [0.5, 0.6) is 0 Å². The monoisotopic (exact) mass is 297 g/mol.